The third-order valence-electron chi connectivity index (χ3n) is 6.12. The van der Waals surface area contributed by atoms with E-state index in [2.05, 4.69) is 16.0 Å². The zero-order valence-corrected chi connectivity index (χ0v) is 22.2. The minimum Gasteiger partial charge on any atom is -0.508 e. The van der Waals surface area contributed by atoms with Crippen molar-refractivity contribution in [1.82, 2.24) is 16.0 Å². The van der Waals surface area contributed by atoms with Crippen LogP contribution >= 0.6 is 0 Å². The van der Waals surface area contributed by atoms with Crippen LogP contribution < -0.4 is 21.7 Å². The highest BCUT2D eigenvalue weighted by atomic mass is 16.4. The van der Waals surface area contributed by atoms with Crippen molar-refractivity contribution < 1.29 is 29.4 Å². The summed E-state index contributed by atoms with van der Waals surface area (Å²) in [5.74, 6) is -3.54. The maximum atomic E-state index is 13.3. The Morgan fingerprint density at radius 2 is 1.24 bits per heavy atom. The van der Waals surface area contributed by atoms with Gasteiger partial charge in [0.05, 0.1) is 6.04 Å². The van der Waals surface area contributed by atoms with Crippen molar-refractivity contribution in [3.05, 3.63) is 65.7 Å². The molecule has 3 amide bonds. The SMILES string of the molecule is CC(C)C(NC(=O)C(Cc1ccccc1)NC(=O)C(NC(=O)C(N)Cc1ccc(O)cc1)C(C)C)C(=O)O. The van der Waals surface area contributed by atoms with Crippen LogP contribution in [0.4, 0.5) is 0 Å². The van der Waals surface area contributed by atoms with Crippen LogP contribution in [0.15, 0.2) is 54.6 Å². The second-order valence-corrected chi connectivity index (χ2v) is 10.0. The average Bonchev–Trinajstić information content (AvgIpc) is 2.86. The number of hydrogen-bond acceptors (Lipinski definition) is 6. The van der Waals surface area contributed by atoms with Gasteiger partial charge >= 0.3 is 5.97 Å². The van der Waals surface area contributed by atoms with Gasteiger partial charge in [-0.3, -0.25) is 14.4 Å². The fraction of sp³-hybridized carbons (Fsp3) is 0.429. The summed E-state index contributed by atoms with van der Waals surface area (Å²) in [6.07, 6.45) is 0.325. The minimum absolute atomic E-state index is 0.0977. The number of carbonyl (C=O) groups is 4. The van der Waals surface area contributed by atoms with E-state index in [0.717, 1.165) is 11.1 Å². The van der Waals surface area contributed by atoms with Crippen LogP contribution in [0.3, 0.4) is 0 Å². The monoisotopic (exact) mass is 526 g/mol. The highest BCUT2D eigenvalue weighted by Gasteiger charge is 2.32. The molecule has 0 heterocycles. The molecule has 0 fully saturated rings. The number of phenolic OH excluding ortho intramolecular Hbond substituents is 1. The molecule has 2 aromatic rings. The molecule has 0 aliphatic carbocycles. The van der Waals surface area contributed by atoms with Gasteiger partial charge in [-0.2, -0.15) is 0 Å². The van der Waals surface area contributed by atoms with Gasteiger partial charge in [0.25, 0.3) is 0 Å². The molecule has 0 aromatic heterocycles. The predicted molar refractivity (Wildman–Crippen MR) is 143 cm³/mol. The lowest BCUT2D eigenvalue weighted by Crippen LogP contribution is -2.59. The molecule has 7 N–H and O–H groups in total. The van der Waals surface area contributed by atoms with Gasteiger partial charge in [-0.15, -0.1) is 0 Å². The number of nitrogens with two attached hydrogens (primary N) is 1. The molecule has 0 saturated carbocycles. The van der Waals surface area contributed by atoms with Crippen molar-refractivity contribution in [3.8, 4) is 5.75 Å². The zero-order chi connectivity index (χ0) is 28.4. The van der Waals surface area contributed by atoms with Crippen LogP contribution in [0.2, 0.25) is 0 Å². The van der Waals surface area contributed by atoms with E-state index in [-0.39, 0.29) is 30.4 Å². The molecule has 0 aliphatic heterocycles. The van der Waals surface area contributed by atoms with Crippen molar-refractivity contribution in [3.63, 3.8) is 0 Å². The standard InChI is InChI=1S/C28H38N4O6/c1-16(2)23(31-25(34)21(29)14-19-10-12-20(33)13-11-19)27(36)30-22(15-18-8-6-5-7-9-18)26(35)32-24(17(3)4)28(37)38/h5-13,16-17,21-24,33H,14-15,29H2,1-4H3,(H,30,36)(H,31,34)(H,32,35)(H,37,38). The fourth-order valence-corrected chi connectivity index (χ4v) is 3.86. The molecule has 38 heavy (non-hydrogen) atoms. The van der Waals surface area contributed by atoms with E-state index < -0.39 is 47.9 Å². The second kappa shape index (κ2) is 14.1. The number of rotatable bonds is 13. The lowest BCUT2D eigenvalue weighted by Gasteiger charge is -2.27. The summed E-state index contributed by atoms with van der Waals surface area (Å²) in [5.41, 5.74) is 7.59. The van der Waals surface area contributed by atoms with Crippen LogP contribution in [0.25, 0.3) is 0 Å². The van der Waals surface area contributed by atoms with Gasteiger partial charge in [-0.05, 0) is 41.5 Å². The Morgan fingerprint density at radius 3 is 1.76 bits per heavy atom. The van der Waals surface area contributed by atoms with E-state index in [4.69, 9.17) is 5.73 Å². The van der Waals surface area contributed by atoms with E-state index in [1.807, 2.05) is 6.07 Å². The first-order valence-corrected chi connectivity index (χ1v) is 12.6. The molecule has 2 aromatic carbocycles. The van der Waals surface area contributed by atoms with Crippen LogP contribution in [-0.2, 0) is 32.0 Å². The maximum Gasteiger partial charge on any atom is 0.326 e. The van der Waals surface area contributed by atoms with Crippen molar-refractivity contribution in [2.24, 2.45) is 17.6 Å². The molecule has 10 heteroatoms. The molecular formula is C28H38N4O6. The van der Waals surface area contributed by atoms with Gasteiger partial charge in [-0.25, -0.2) is 4.79 Å². The zero-order valence-electron chi connectivity index (χ0n) is 22.2. The Bertz CT molecular complexity index is 1090. The number of aromatic hydroxyl groups is 1. The molecule has 0 saturated heterocycles. The first-order chi connectivity index (χ1) is 17.9. The molecule has 0 aliphatic rings. The topological polar surface area (TPSA) is 171 Å². The highest BCUT2D eigenvalue weighted by molar-refractivity contribution is 5.94. The lowest BCUT2D eigenvalue weighted by molar-refractivity contribution is -0.143. The molecule has 4 atom stereocenters. The molecule has 206 valence electrons. The summed E-state index contributed by atoms with van der Waals surface area (Å²) in [6, 6.07) is 11.2. The number of phenols is 1. The quantitative estimate of drug-likeness (QED) is 0.229. The van der Waals surface area contributed by atoms with Crippen molar-refractivity contribution in [1.29, 1.82) is 0 Å². The Balaban J connectivity index is 2.17. The van der Waals surface area contributed by atoms with Gasteiger partial charge in [-0.1, -0.05) is 70.2 Å². The van der Waals surface area contributed by atoms with E-state index in [1.54, 1.807) is 64.1 Å². The van der Waals surface area contributed by atoms with E-state index in [9.17, 15) is 29.4 Å². The Kier molecular flexibility index (Phi) is 11.3. The molecule has 2 rings (SSSR count). The summed E-state index contributed by atoms with van der Waals surface area (Å²) in [6.45, 7) is 6.86. The van der Waals surface area contributed by atoms with Crippen molar-refractivity contribution >= 4 is 23.7 Å². The van der Waals surface area contributed by atoms with E-state index in [0.29, 0.717) is 0 Å². The van der Waals surface area contributed by atoms with E-state index in [1.165, 1.54) is 12.1 Å². The Labute approximate surface area is 223 Å². The van der Waals surface area contributed by atoms with Crippen molar-refractivity contribution in [2.75, 3.05) is 0 Å². The molecule has 10 nitrogen and oxygen atoms in total. The summed E-state index contributed by atoms with van der Waals surface area (Å²) in [4.78, 5) is 50.9. The number of carboxylic acid groups (broad SMARTS) is 1. The smallest absolute Gasteiger partial charge is 0.326 e. The molecule has 0 spiro atoms. The van der Waals surface area contributed by atoms with Gasteiger partial charge in [0.1, 0.15) is 23.9 Å². The van der Waals surface area contributed by atoms with Crippen LogP contribution in [0.5, 0.6) is 5.75 Å². The third-order valence-corrected chi connectivity index (χ3v) is 6.12. The summed E-state index contributed by atoms with van der Waals surface area (Å²) < 4.78 is 0. The summed E-state index contributed by atoms with van der Waals surface area (Å²) in [7, 11) is 0. The van der Waals surface area contributed by atoms with Crippen LogP contribution in [0, 0.1) is 11.8 Å². The van der Waals surface area contributed by atoms with Gasteiger partial charge in [0.15, 0.2) is 0 Å². The number of carboxylic acids is 1. The third kappa shape index (κ3) is 9.19. The molecule has 0 bridgehead atoms. The van der Waals surface area contributed by atoms with Crippen molar-refractivity contribution in [2.45, 2.75) is 64.7 Å². The number of nitrogens with one attached hydrogen (secondary N) is 3. The molecular weight excluding hydrogens is 488 g/mol. The number of aliphatic carboxylic acids is 1. The fourth-order valence-electron chi connectivity index (χ4n) is 3.86. The Morgan fingerprint density at radius 1 is 0.711 bits per heavy atom. The number of hydrogen-bond donors (Lipinski definition) is 6. The predicted octanol–water partition coefficient (Wildman–Crippen LogP) is 1.36. The average molecular weight is 527 g/mol. The van der Waals surface area contributed by atoms with Gasteiger partial charge in [0.2, 0.25) is 17.7 Å². The van der Waals surface area contributed by atoms with Gasteiger partial charge in [0, 0.05) is 6.42 Å². The highest BCUT2D eigenvalue weighted by Crippen LogP contribution is 2.12. The summed E-state index contributed by atoms with van der Waals surface area (Å²) in [5, 5.41) is 26.8. The van der Waals surface area contributed by atoms with Gasteiger partial charge < -0.3 is 31.9 Å². The van der Waals surface area contributed by atoms with Crippen LogP contribution in [-0.4, -0.2) is 58.1 Å². The minimum atomic E-state index is -1.17. The number of carbonyl (C=O) groups excluding carboxylic acids is 3. The maximum absolute atomic E-state index is 13.3. The van der Waals surface area contributed by atoms with Crippen LogP contribution in [0.1, 0.15) is 38.8 Å². The normalized spacial score (nSPS) is 14.3. The largest absolute Gasteiger partial charge is 0.508 e. The first-order valence-electron chi connectivity index (χ1n) is 12.6. The molecule has 4 unspecified atom stereocenters. The second-order valence-electron chi connectivity index (χ2n) is 10.0. The summed E-state index contributed by atoms with van der Waals surface area (Å²) >= 11 is 0. The lowest BCUT2D eigenvalue weighted by atomic mass is 9.99. The number of benzene rings is 2. The molecule has 0 radical (unpaired) electrons. The van der Waals surface area contributed by atoms with E-state index >= 15 is 0 Å². The number of amides is 3. The Hall–Kier alpha value is -3.92. The first kappa shape index (κ1) is 30.3.